The topological polar surface area (TPSA) is 16.1 Å². The molecule has 0 aromatic carbocycles. The zero-order valence-corrected chi connectivity index (χ0v) is 11.3. The summed E-state index contributed by atoms with van der Waals surface area (Å²) in [6.07, 6.45) is -2.93. The fourth-order valence-electron chi connectivity index (χ4n) is 2.15. The SMILES string of the molecule is CCC(CC)N(C)Cc1ccc(F)nc1C(F)(F)F. The van der Waals surface area contributed by atoms with E-state index in [0.29, 0.717) is 0 Å². The van der Waals surface area contributed by atoms with Gasteiger partial charge in [-0.1, -0.05) is 19.9 Å². The van der Waals surface area contributed by atoms with Crippen molar-refractivity contribution in [2.24, 2.45) is 0 Å². The van der Waals surface area contributed by atoms with Crippen LogP contribution in [0.2, 0.25) is 0 Å². The maximum absolute atomic E-state index is 12.9. The first kappa shape index (κ1) is 15.9. The molecule has 0 aliphatic carbocycles. The van der Waals surface area contributed by atoms with Crippen LogP contribution in [-0.4, -0.2) is 23.0 Å². The molecular weight excluding hydrogens is 260 g/mol. The Labute approximate surface area is 110 Å². The lowest BCUT2D eigenvalue weighted by molar-refractivity contribution is -0.142. The number of alkyl halides is 3. The van der Waals surface area contributed by atoms with Crippen molar-refractivity contribution in [1.82, 2.24) is 9.88 Å². The van der Waals surface area contributed by atoms with Crippen LogP contribution in [0.5, 0.6) is 0 Å². The molecule has 0 N–H and O–H groups in total. The second-order valence-electron chi connectivity index (χ2n) is 4.52. The van der Waals surface area contributed by atoms with Crippen LogP contribution < -0.4 is 0 Å². The number of halogens is 4. The minimum Gasteiger partial charge on any atom is -0.299 e. The van der Waals surface area contributed by atoms with E-state index in [1.54, 1.807) is 7.05 Å². The van der Waals surface area contributed by atoms with Gasteiger partial charge in [0.25, 0.3) is 0 Å². The van der Waals surface area contributed by atoms with Crippen LogP contribution in [0, 0.1) is 5.95 Å². The average Bonchev–Trinajstić information content (AvgIpc) is 2.31. The highest BCUT2D eigenvalue weighted by Crippen LogP contribution is 2.31. The fraction of sp³-hybridized carbons (Fsp3) is 0.615. The van der Waals surface area contributed by atoms with Crippen molar-refractivity contribution >= 4 is 0 Å². The van der Waals surface area contributed by atoms with Crippen molar-refractivity contribution in [1.29, 1.82) is 0 Å². The number of hydrogen-bond acceptors (Lipinski definition) is 2. The fourth-order valence-corrected chi connectivity index (χ4v) is 2.15. The van der Waals surface area contributed by atoms with Crippen LogP contribution in [0.15, 0.2) is 12.1 Å². The second-order valence-corrected chi connectivity index (χ2v) is 4.52. The van der Waals surface area contributed by atoms with Gasteiger partial charge in [-0.25, -0.2) is 4.98 Å². The molecule has 0 atom stereocenters. The van der Waals surface area contributed by atoms with E-state index in [9.17, 15) is 17.6 Å². The molecule has 0 aliphatic heterocycles. The van der Waals surface area contributed by atoms with Crippen molar-refractivity contribution in [3.8, 4) is 0 Å². The lowest BCUT2D eigenvalue weighted by Crippen LogP contribution is -2.31. The summed E-state index contributed by atoms with van der Waals surface area (Å²) in [5.74, 6) is -1.11. The molecular formula is C13H18F4N2. The molecule has 1 heterocycles. The van der Waals surface area contributed by atoms with Crippen LogP contribution >= 0.6 is 0 Å². The highest BCUT2D eigenvalue weighted by molar-refractivity contribution is 5.22. The minimum atomic E-state index is -4.63. The summed E-state index contributed by atoms with van der Waals surface area (Å²) in [5, 5.41) is 0. The summed E-state index contributed by atoms with van der Waals surface area (Å²) in [5.41, 5.74) is -1.13. The van der Waals surface area contributed by atoms with Crippen LogP contribution in [0.25, 0.3) is 0 Å². The van der Waals surface area contributed by atoms with E-state index < -0.39 is 17.8 Å². The van der Waals surface area contributed by atoms with Crippen molar-refractivity contribution in [2.75, 3.05) is 7.05 Å². The van der Waals surface area contributed by atoms with E-state index in [4.69, 9.17) is 0 Å². The molecule has 108 valence electrons. The Kier molecular flexibility index (Phi) is 5.29. The van der Waals surface area contributed by atoms with Crippen LogP contribution in [-0.2, 0) is 12.7 Å². The maximum atomic E-state index is 12.9. The molecule has 0 fully saturated rings. The van der Waals surface area contributed by atoms with E-state index in [0.717, 1.165) is 25.0 Å². The molecule has 6 heteroatoms. The molecule has 0 unspecified atom stereocenters. The Hall–Kier alpha value is -1.17. The number of aromatic nitrogens is 1. The van der Waals surface area contributed by atoms with Gasteiger partial charge in [-0.3, -0.25) is 4.90 Å². The Morgan fingerprint density at radius 2 is 1.79 bits per heavy atom. The molecule has 1 rings (SSSR count). The first-order chi connectivity index (χ1) is 8.79. The molecule has 0 aliphatic rings. The van der Waals surface area contributed by atoms with Crippen LogP contribution in [0.4, 0.5) is 17.6 Å². The maximum Gasteiger partial charge on any atom is 0.433 e. The van der Waals surface area contributed by atoms with Crippen LogP contribution in [0.3, 0.4) is 0 Å². The summed E-state index contributed by atoms with van der Waals surface area (Å²) < 4.78 is 51.3. The van der Waals surface area contributed by atoms with E-state index >= 15 is 0 Å². The molecule has 1 aromatic rings. The van der Waals surface area contributed by atoms with Crippen molar-refractivity contribution in [3.63, 3.8) is 0 Å². The van der Waals surface area contributed by atoms with E-state index in [2.05, 4.69) is 4.98 Å². The molecule has 0 spiro atoms. The quantitative estimate of drug-likeness (QED) is 0.600. The zero-order chi connectivity index (χ0) is 14.6. The lowest BCUT2D eigenvalue weighted by Gasteiger charge is -2.27. The Morgan fingerprint density at radius 1 is 1.21 bits per heavy atom. The van der Waals surface area contributed by atoms with E-state index in [1.807, 2.05) is 18.7 Å². The van der Waals surface area contributed by atoms with Crippen molar-refractivity contribution in [3.05, 3.63) is 29.3 Å². The van der Waals surface area contributed by atoms with Gasteiger partial charge in [0.15, 0.2) is 5.69 Å². The molecule has 0 saturated carbocycles. The molecule has 19 heavy (non-hydrogen) atoms. The average molecular weight is 278 g/mol. The normalized spacial score (nSPS) is 12.5. The monoisotopic (exact) mass is 278 g/mol. The molecule has 0 radical (unpaired) electrons. The van der Waals surface area contributed by atoms with E-state index in [1.165, 1.54) is 0 Å². The van der Waals surface area contributed by atoms with Crippen molar-refractivity contribution in [2.45, 2.75) is 45.5 Å². The number of hydrogen-bond donors (Lipinski definition) is 0. The predicted octanol–water partition coefficient (Wildman–Crippen LogP) is 3.86. The predicted molar refractivity (Wildman–Crippen MR) is 65.0 cm³/mol. The Morgan fingerprint density at radius 3 is 2.26 bits per heavy atom. The van der Waals surface area contributed by atoms with Gasteiger partial charge in [-0.05, 0) is 31.5 Å². The summed E-state index contributed by atoms with van der Waals surface area (Å²) in [4.78, 5) is 4.83. The summed E-state index contributed by atoms with van der Waals surface area (Å²) in [6.45, 7) is 4.07. The number of rotatable bonds is 5. The van der Waals surface area contributed by atoms with Gasteiger partial charge in [0.1, 0.15) is 0 Å². The smallest absolute Gasteiger partial charge is 0.299 e. The molecule has 0 saturated heterocycles. The van der Waals surface area contributed by atoms with Crippen LogP contribution in [0.1, 0.15) is 37.9 Å². The summed E-state index contributed by atoms with van der Waals surface area (Å²) >= 11 is 0. The van der Waals surface area contributed by atoms with Gasteiger partial charge in [-0.2, -0.15) is 17.6 Å². The first-order valence-corrected chi connectivity index (χ1v) is 6.22. The summed E-state index contributed by atoms with van der Waals surface area (Å²) in [6, 6.07) is 2.32. The molecule has 2 nitrogen and oxygen atoms in total. The number of nitrogens with zero attached hydrogens (tertiary/aromatic N) is 2. The van der Waals surface area contributed by atoms with Gasteiger partial charge in [0.2, 0.25) is 5.95 Å². The highest BCUT2D eigenvalue weighted by atomic mass is 19.4. The van der Waals surface area contributed by atoms with Gasteiger partial charge in [0.05, 0.1) is 0 Å². The van der Waals surface area contributed by atoms with Gasteiger partial charge < -0.3 is 0 Å². The molecule has 1 aromatic heterocycles. The third kappa shape index (κ3) is 4.16. The van der Waals surface area contributed by atoms with Gasteiger partial charge in [0, 0.05) is 12.6 Å². The molecule has 0 amide bonds. The lowest BCUT2D eigenvalue weighted by atomic mass is 10.1. The van der Waals surface area contributed by atoms with Gasteiger partial charge >= 0.3 is 6.18 Å². The third-order valence-corrected chi connectivity index (χ3v) is 3.20. The minimum absolute atomic E-state index is 0.00306. The third-order valence-electron chi connectivity index (χ3n) is 3.20. The largest absolute Gasteiger partial charge is 0.433 e. The van der Waals surface area contributed by atoms with Gasteiger partial charge in [-0.15, -0.1) is 0 Å². The highest BCUT2D eigenvalue weighted by Gasteiger charge is 2.36. The number of pyridine rings is 1. The standard InChI is InChI=1S/C13H18F4N2/c1-4-10(5-2)19(3)8-9-6-7-11(14)18-12(9)13(15,16)17/h6-7,10H,4-5,8H2,1-3H3. The second kappa shape index (κ2) is 6.32. The Bertz CT molecular complexity index is 414. The molecule has 0 bridgehead atoms. The first-order valence-electron chi connectivity index (χ1n) is 6.22. The Balaban J connectivity index is 3.01. The van der Waals surface area contributed by atoms with Crippen molar-refractivity contribution < 1.29 is 17.6 Å². The zero-order valence-electron chi connectivity index (χ0n) is 11.3. The van der Waals surface area contributed by atoms with E-state index in [-0.39, 0.29) is 18.2 Å². The summed E-state index contributed by atoms with van der Waals surface area (Å²) in [7, 11) is 1.77.